The summed E-state index contributed by atoms with van der Waals surface area (Å²) in [5.74, 6) is -2.85. The first-order valence-electron chi connectivity index (χ1n) is 3.88. The third-order valence-electron chi connectivity index (χ3n) is 1.77. The minimum atomic E-state index is -2.99. The van der Waals surface area contributed by atoms with Crippen LogP contribution >= 0.6 is 0 Å². The standard InChI is InChI=1S/C8H7F3N2O2/c9-5-1-3(7(10)11)4(2-12)6(13-5)8(14)15/h1,7H,2,12H2,(H,14,15). The van der Waals surface area contributed by atoms with Gasteiger partial charge in [-0.1, -0.05) is 0 Å². The number of carbonyl (C=O) groups is 1. The van der Waals surface area contributed by atoms with Gasteiger partial charge in [-0.3, -0.25) is 0 Å². The van der Waals surface area contributed by atoms with Crippen molar-refractivity contribution in [1.29, 1.82) is 0 Å². The molecule has 1 aromatic heterocycles. The lowest BCUT2D eigenvalue weighted by molar-refractivity contribution is 0.0686. The zero-order chi connectivity index (χ0) is 11.6. The second-order valence-electron chi connectivity index (χ2n) is 2.67. The van der Waals surface area contributed by atoms with Gasteiger partial charge in [0.15, 0.2) is 5.69 Å². The van der Waals surface area contributed by atoms with Gasteiger partial charge in [-0.05, 0) is 0 Å². The highest BCUT2D eigenvalue weighted by atomic mass is 19.3. The van der Waals surface area contributed by atoms with E-state index in [-0.39, 0.29) is 5.56 Å². The molecule has 0 unspecified atom stereocenters. The topological polar surface area (TPSA) is 76.2 Å². The number of carboxylic acid groups (broad SMARTS) is 1. The Kier molecular flexibility index (Phi) is 3.25. The van der Waals surface area contributed by atoms with E-state index in [0.717, 1.165) is 0 Å². The number of nitrogens with zero attached hydrogens (tertiary/aromatic N) is 1. The normalized spacial score (nSPS) is 10.7. The first-order valence-corrected chi connectivity index (χ1v) is 3.88. The van der Waals surface area contributed by atoms with Crippen LogP contribution in [0.4, 0.5) is 13.2 Å². The summed E-state index contributed by atoms with van der Waals surface area (Å²) < 4.78 is 37.5. The Morgan fingerprint density at radius 3 is 2.60 bits per heavy atom. The Morgan fingerprint density at radius 1 is 1.60 bits per heavy atom. The minimum absolute atomic E-state index is 0.348. The number of rotatable bonds is 3. The second kappa shape index (κ2) is 4.26. The van der Waals surface area contributed by atoms with Crippen LogP contribution in [0.1, 0.15) is 28.0 Å². The van der Waals surface area contributed by atoms with E-state index >= 15 is 0 Å². The molecule has 15 heavy (non-hydrogen) atoms. The molecule has 0 aromatic carbocycles. The van der Waals surface area contributed by atoms with Crippen LogP contribution in [0.3, 0.4) is 0 Å². The molecule has 82 valence electrons. The van der Waals surface area contributed by atoms with Crippen molar-refractivity contribution in [1.82, 2.24) is 4.98 Å². The van der Waals surface area contributed by atoms with Crippen LogP contribution in [0.15, 0.2) is 6.07 Å². The number of hydrogen-bond donors (Lipinski definition) is 2. The number of halogens is 3. The smallest absolute Gasteiger partial charge is 0.354 e. The SMILES string of the molecule is NCc1c(C(F)F)cc(F)nc1C(=O)O. The summed E-state index contributed by atoms with van der Waals surface area (Å²) in [5.41, 5.74) is 3.27. The van der Waals surface area contributed by atoms with E-state index in [4.69, 9.17) is 10.8 Å². The predicted octanol–water partition coefficient (Wildman–Crippen LogP) is 1.32. The molecule has 0 aliphatic rings. The van der Waals surface area contributed by atoms with Gasteiger partial charge >= 0.3 is 5.97 Å². The number of pyridine rings is 1. The second-order valence-corrected chi connectivity index (χ2v) is 2.67. The molecule has 0 aliphatic heterocycles. The van der Waals surface area contributed by atoms with E-state index in [1.165, 1.54) is 0 Å². The molecule has 0 saturated carbocycles. The number of alkyl halides is 2. The third-order valence-corrected chi connectivity index (χ3v) is 1.77. The van der Waals surface area contributed by atoms with Crippen molar-refractivity contribution in [3.8, 4) is 0 Å². The van der Waals surface area contributed by atoms with Crippen LogP contribution in [0, 0.1) is 5.95 Å². The van der Waals surface area contributed by atoms with Crippen molar-refractivity contribution in [2.75, 3.05) is 0 Å². The Morgan fingerprint density at radius 2 is 2.20 bits per heavy atom. The number of aromatic carboxylic acids is 1. The van der Waals surface area contributed by atoms with Gasteiger partial charge in [-0.25, -0.2) is 18.6 Å². The van der Waals surface area contributed by atoms with E-state index in [9.17, 15) is 18.0 Å². The molecule has 1 rings (SSSR count). The van der Waals surface area contributed by atoms with Gasteiger partial charge < -0.3 is 10.8 Å². The van der Waals surface area contributed by atoms with E-state index in [1.807, 2.05) is 0 Å². The molecule has 0 amide bonds. The van der Waals surface area contributed by atoms with Crippen molar-refractivity contribution < 1.29 is 23.1 Å². The summed E-state index contributed by atoms with van der Waals surface area (Å²) in [6.07, 6.45) is -2.99. The maximum atomic E-state index is 12.7. The highest BCUT2D eigenvalue weighted by Crippen LogP contribution is 2.25. The Balaban J connectivity index is 3.45. The summed E-state index contributed by atoms with van der Waals surface area (Å²) in [6.45, 7) is -0.436. The van der Waals surface area contributed by atoms with Gasteiger partial charge in [0.2, 0.25) is 5.95 Å². The minimum Gasteiger partial charge on any atom is -0.476 e. The summed E-state index contributed by atoms with van der Waals surface area (Å²) in [5, 5.41) is 8.60. The molecular formula is C8H7F3N2O2. The summed E-state index contributed by atoms with van der Waals surface area (Å²) in [4.78, 5) is 13.6. The van der Waals surface area contributed by atoms with E-state index < -0.39 is 36.1 Å². The first-order chi connectivity index (χ1) is 6.97. The lowest BCUT2D eigenvalue weighted by atomic mass is 10.1. The highest BCUT2D eigenvalue weighted by Gasteiger charge is 2.21. The molecule has 1 aromatic rings. The Labute approximate surface area is 82.5 Å². The Hall–Kier alpha value is -1.63. The van der Waals surface area contributed by atoms with E-state index in [1.54, 1.807) is 0 Å². The monoisotopic (exact) mass is 220 g/mol. The fourth-order valence-electron chi connectivity index (χ4n) is 1.14. The molecule has 0 atom stereocenters. The predicted molar refractivity (Wildman–Crippen MR) is 44.0 cm³/mol. The quantitative estimate of drug-likeness (QED) is 0.753. The lowest BCUT2D eigenvalue weighted by Gasteiger charge is -2.09. The van der Waals surface area contributed by atoms with Crippen LogP contribution in [-0.2, 0) is 6.54 Å². The molecule has 4 nitrogen and oxygen atoms in total. The summed E-state index contributed by atoms with van der Waals surface area (Å²) in [7, 11) is 0. The third kappa shape index (κ3) is 2.24. The average Bonchev–Trinajstić information content (AvgIpc) is 2.16. The molecule has 7 heteroatoms. The molecule has 0 radical (unpaired) electrons. The number of carboxylic acids is 1. The number of nitrogens with two attached hydrogens (primary N) is 1. The van der Waals surface area contributed by atoms with Crippen LogP contribution in [-0.4, -0.2) is 16.1 Å². The maximum absolute atomic E-state index is 12.7. The summed E-state index contributed by atoms with van der Waals surface area (Å²) in [6, 6.07) is 0.485. The molecule has 0 saturated heterocycles. The van der Waals surface area contributed by atoms with Crippen LogP contribution in [0.25, 0.3) is 0 Å². The molecule has 1 heterocycles. The van der Waals surface area contributed by atoms with Crippen molar-refractivity contribution in [2.24, 2.45) is 5.73 Å². The van der Waals surface area contributed by atoms with Crippen molar-refractivity contribution >= 4 is 5.97 Å². The van der Waals surface area contributed by atoms with Crippen LogP contribution in [0.5, 0.6) is 0 Å². The lowest BCUT2D eigenvalue weighted by Crippen LogP contribution is -2.14. The molecule has 3 N–H and O–H groups in total. The van der Waals surface area contributed by atoms with Crippen molar-refractivity contribution in [3.63, 3.8) is 0 Å². The zero-order valence-electron chi connectivity index (χ0n) is 7.38. The fourth-order valence-corrected chi connectivity index (χ4v) is 1.14. The van der Waals surface area contributed by atoms with E-state index in [2.05, 4.69) is 4.98 Å². The van der Waals surface area contributed by atoms with Crippen molar-refractivity contribution in [2.45, 2.75) is 13.0 Å². The maximum Gasteiger partial charge on any atom is 0.354 e. The molecule has 0 spiro atoms. The molecular weight excluding hydrogens is 213 g/mol. The zero-order valence-corrected chi connectivity index (χ0v) is 7.38. The van der Waals surface area contributed by atoms with E-state index in [0.29, 0.717) is 6.07 Å². The number of aromatic nitrogens is 1. The first kappa shape index (κ1) is 11.4. The van der Waals surface area contributed by atoms with Crippen LogP contribution < -0.4 is 5.73 Å². The fraction of sp³-hybridized carbons (Fsp3) is 0.250. The molecule has 0 bridgehead atoms. The van der Waals surface area contributed by atoms with Crippen molar-refractivity contribution in [3.05, 3.63) is 28.8 Å². The van der Waals surface area contributed by atoms with Gasteiger partial charge in [0.05, 0.1) is 0 Å². The van der Waals surface area contributed by atoms with Gasteiger partial charge in [0.25, 0.3) is 6.43 Å². The summed E-state index contributed by atoms with van der Waals surface area (Å²) >= 11 is 0. The van der Waals surface area contributed by atoms with Gasteiger partial charge in [-0.15, -0.1) is 0 Å². The largest absolute Gasteiger partial charge is 0.476 e. The average molecular weight is 220 g/mol. The van der Waals surface area contributed by atoms with Crippen LogP contribution in [0.2, 0.25) is 0 Å². The van der Waals surface area contributed by atoms with Gasteiger partial charge in [0, 0.05) is 23.7 Å². The van der Waals surface area contributed by atoms with Gasteiger partial charge in [0.1, 0.15) is 0 Å². The number of hydrogen-bond acceptors (Lipinski definition) is 3. The molecule has 0 fully saturated rings. The highest BCUT2D eigenvalue weighted by molar-refractivity contribution is 5.87. The molecule has 0 aliphatic carbocycles. The van der Waals surface area contributed by atoms with Gasteiger partial charge in [-0.2, -0.15) is 4.39 Å². The Bertz CT molecular complexity index is 396.